The summed E-state index contributed by atoms with van der Waals surface area (Å²) in [4.78, 5) is 4.26. The first-order chi connectivity index (χ1) is 12.7. The molecule has 0 aliphatic heterocycles. The minimum Gasteiger partial charge on any atom is -0.493 e. The summed E-state index contributed by atoms with van der Waals surface area (Å²) in [5.74, 6) is 1.56. The Morgan fingerprint density at radius 2 is 2.15 bits per heavy atom. The van der Waals surface area contributed by atoms with Gasteiger partial charge < -0.3 is 20.1 Å². The SMILES string of the molecule is CN=C(NCCCn1cc(C)cn1)Nc1cccc(OCCCOC)c1. The standard InChI is InChI=1S/C19H29N5O2/c1-16-14-22-24(15-16)10-5-9-21-19(20-2)23-17-7-4-8-18(13-17)26-12-6-11-25-3/h4,7-8,13-15H,5-6,9-12H2,1-3H3,(H2,20,21,23). The molecule has 0 saturated carbocycles. The van der Waals surface area contributed by atoms with Crippen molar-refractivity contribution in [3.8, 4) is 5.75 Å². The van der Waals surface area contributed by atoms with E-state index in [0.29, 0.717) is 13.2 Å². The number of aromatic nitrogens is 2. The van der Waals surface area contributed by atoms with E-state index in [-0.39, 0.29) is 0 Å². The number of benzene rings is 1. The van der Waals surface area contributed by atoms with Gasteiger partial charge in [-0.05, 0) is 31.0 Å². The lowest BCUT2D eigenvalue weighted by Gasteiger charge is -2.13. The molecule has 7 heteroatoms. The molecule has 1 aromatic heterocycles. The first-order valence-electron chi connectivity index (χ1n) is 8.90. The van der Waals surface area contributed by atoms with Crippen molar-refractivity contribution in [1.82, 2.24) is 15.1 Å². The van der Waals surface area contributed by atoms with E-state index in [1.807, 2.05) is 48.3 Å². The van der Waals surface area contributed by atoms with Crippen molar-refractivity contribution in [2.45, 2.75) is 26.3 Å². The molecule has 0 fully saturated rings. The number of nitrogens with zero attached hydrogens (tertiary/aromatic N) is 3. The molecular weight excluding hydrogens is 330 g/mol. The quantitative estimate of drug-likeness (QED) is 0.388. The molecule has 0 radical (unpaired) electrons. The maximum absolute atomic E-state index is 5.72. The number of methoxy groups -OCH3 is 1. The van der Waals surface area contributed by atoms with Gasteiger partial charge in [-0.1, -0.05) is 6.07 Å². The smallest absolute Gasteiger partial charge is 0.195 e. The number of guanidine groups is 1. The molecule has 142 valence electrons. The lowest BCUT2D eigenvalue weighted by molar-refractivity contribution is 0.172. The van der Waals surface area contributed by atoms with Crippen molar-refractivity contribution >= 4 is 11.6 Å². The second-order valence-electron chi connectivity index (χ2n) is 5.98. The molecule has 2 aromatic rings. The van der Waals surface area contributed by atoms with Gasteiger partial charge in [-0.25, -0.2) is 0 Å². The second-order valence-corrected chi connectivity index (χ2v) is 5.98. The lowest BCUT2D eigenvalue weighted by Crippen LogP contribution is -2.31. The van der Waals surface area contributed by atoms with Crippen LogP contribution < -0.4 is 15.4 Å². The van der Waals surface area contributed by atoms with Gasteiger partial charge in [-0.15, -0.1) is 0 Å². The molecule has 0 unspecified atom stereocenters. The Bertz CT molecular complexity index is 684. The molecule has 26 heavy (non-hydrogen) atoms. The third-order valence-corrected chi connectivity index (χ3v) is 3.70. The highest BCUT2D eigenvalue weighted by atomic mass is 16.5. The molecule has 1 heterocycles. The fourth-order valence-corrected chi connectivity index (χ4v) is 2.41. The number of nitrogens with one attached hydrogen (secondary N) is 2. The Morgan fingerprint density at radius 3 is 2.88 bits per heavy atom. The van der Waals surface area contributed by atoms with Crippen molar-refractivity contribution < 1.29 is 9.47 Å². The Kier molecular flexibility index (Phi) is 8.48. The number of hydrogen-bond acceptors (Lipinski definition) is 4. The highest BCUT2D eigenvalue weighted by Gasteiger charge is 2.02. The summed E-state index contributed by atoms with van der Waals surface area (Å²) in [7, 11) is 3.45. The topological polar surface area (TPSA) is 72.7 Å². The van der Waals surface area contributed by atoms with E-state index in [9.17, 15) is 0 Å². The minimum atomic E-state index is 0.636. The van der Waals surface area contributed by atoms with Gasteiger partial charge in [0, 0.05) is 58.2 Å². The molecular formula is C19H29N5O2. The number of aryl methyl sites for hydroxylation is 2. The van der Waals surface area contributed by atoms with E-state index >= 15 is 0 Å². The first-order valence-corrected chi connectivity index (χ1v) is 8.90. The highest BCUT2D eigenvalue weighted by molar-refractivity contribution is 5.93. The van der Waals surface area contributed by atoms with Gasteiger partial charge in [0.25, 0.3) is 0 Å². The summed E-state index contributed by atoms with van der Waals surface area (Å²) < 4.78 is 12.7. The van der Waals surface area contributed by atoms with E-state index < -0.39 is 0 Å². The molecule has 0 bridgehead atoms. The molecule has 0 aliphatic rings. The van der Waals surface area contributed by atoms with Crippen LogP contribution >= 0.6 is 0 Å². The number of rotatable bonds is 10. The number of aliphatic imine (C=N–C) groups is 1. The molecule has 0 spiro atoms. The monoisotopic (exact) mass is 359 g/mol. The zero-order valence-electron chi connectivity index (χ0n) is 15.9. The Morgan fingerprint density at radius 1 is 1.27 bits per heavy atom. The van der Waals surface area contributed by atoms with Crippen LogP contribution in [-0.4, -0.2) is 49.7 Å². The fraction of sp³-hybridized carbons (Fsp3) is 0.474. The normalized spacial score (nSPS) is 11.4. The van der Waals surface area contributed by atoms with Crippen molar-refractivity contribution in [2.24, 2.45) is 4.99 Å². The first kappa shape index (κ1) is 19.8. The summed E-state index contributed by atoms with van der Waals surface area (Å²) in [6.45, 7) is 5.07. The van der Waals surface area contributed by atoms with E-state index in [0.717, 1.165) is 43.3 Å². The number of hydrogen-bond donors (Lipinski definition) is 2. The predicted molar refractivity (Wildman–Crippen MR) is 105 cm³/mol. The van der Waals surface area contributed by atoms with E-state index in [4.69, 9.17) is 9.47 Å². The van der Waals surface area contributed by atoms with Gasteiger partial charge in [0.1, 0.15) is 5.75 Å². The van der Waals surface area contributed by atoms with Gasteiger partial charge in [-0.3, -0.25) is 9.67 Å². The van der Waals surface area contributed by atoms with E-state index in [1.54, 1.807) is 14.2 Å². The van der Waals surface area contributed by atoms with E-state index in [1.165, 1.54) is 5.56 Å². The van der Waals surface area contributed by atoms with Crippen molar-refractivity contribution in [3.63, 3.8) is 0 Å². The van der Waals surface area contributed by atoms with Crippen molar-refractivity contribution in [2.75, 3.05) is 39.2 Å². The Labute approximate surface area is 155 Å². The van der Waals surface area contributed by atoms with Crippen LogP contribution in [0.4, 0.5) is 5.69 Å². The number of ether oxygens (including phenoxy) is 2. The minimum absolute atomic E-state index is 0.636. The van der Waals surface area contributed by atoms with Crippen LogP contribution in [0.2, 0.25) is 0 Å². The Balaban J connectivity index is 1.74. The van der Waals surface area contributed by atoms with Crippen LogP contribution in [0.15, 0.2) is 41.7 Å². The van der Waals surface area contributed by atoms with Crippen LogP contribution in [-0.2, 0) is 11.3 Å². The molecule has 7 nitrogen and oxygen atoms in total. The van der Waals surface area contributed by atoms with Crippen molar-refractivity contribution in [1.29, 1.82) is 0 Å². The van der Waals surface area contributed by atoms with Gasteiger partial charge in [0.15, 0.2) is 5.96 Å². The van der Waals surface area contributed by atoms with Gasteiger partial charge in [0.05, 0.1) is 12.8 Å². The second kappa shape index (κ2) is 11.1. The summed E-state index contributed by atoms with van der Waals surface area (Å²) in [6.07, 6.45) is 5.75. The summed E-state index contributed by atoms with van der Waals surface area (Å²) in [5, 5.41) is 10.9. The summed E-state index contributed by atoms with van der Waals surface area (Å²) >= 11 is 0. The molecule has 0 atom stereocenters. The van der Waals surface area contributed by atoms with Crippen LogP contribution in [0, 0.1) is 6.92 Å². The van der Waals surface area contributed by atoms with Crippen LogP contribution in [0.3, 0.4) is 0 Å². The van der Waals surface area contributed by atoms with Crippen LogP contribution in [0.25, 0.3) is 0 Å². The van der Waals surface area contributed by atoms with Gasteiger partial charge in [-0.2, -0.15) is 5.10 Å². The zero-order valence-corrected chi connectivity index (χ0v) is 15.9. The molecule has 2 rings (SSSR count). The van der Waals surface area contributed by atoms with Crippen LogP contribution in [0.1, 0.15) is 18.4 Å². The molecule has 1 aromatic carbocycles. The van der Waals surface area contributed by atoms with Crippen molar-refractivity contribution in [3.05, 3.63) is 42.2 Å². The molecule has 2 N–H and O–H groups in total. The number of anilines is 1. The summed E-state index contributed by atoms with van der Waals surface area (Å²) in [6, 6.07) is 7.86. The molecule has 0 aliphatic carbocycles. The molecule has 0 amide bonds. The average molecular weight is 359 g/mol. The lowest BCUT2D eigenvalue weighted by atomic mass is 10.3. The third-order valence-electron chi connectivity index (χ3n) is 3.70. The maximum atomic E-state index is 5.72. The fourth-order valence-electron chi connectivity index (χ4n) is 2.41. The Hall–Kier alpha value is -2.54. The predicted octanol–water partition coefficient (Wildman–Crippen LogP) is 2.68. The van der Waals surface area contributed by atoms with Crippen LogP contribution in [0.5, 0.6) is 5.75 Å². The maximum Gasteiger partial charge on any atom is 0.195 e. The summed E-state index contributed by atoms with van der Waals surface area (Å²) in [5.41, 5.74) is 2.12. The van der Waals surface area contributed by atoms with Gasteiger partial charge in [0.2, 0.25) is 0 Å². The molecule has 0 saturated heterocycles. The highest BCUT2D eigenvalue weighted by Crippen LogP contribution is 2.17. The average Bonchev–Trinajstić information content (AvgIpc) is 3.07. The zero-order chi connectivity index (χ0) is 18.6. The largest absolute Gasteiger partial charge is 0.493 e. The van der Waals surface area contributed by atoms with E-state index in [2.05, 4.69) is 20.7 Å². The third kappa shape index (κ3) is 7.14. The van der Waals surface area contributed by atoms with Gasteiger partial charge >= 0.3 is 0 Å².